The van der Waals surface area contributed by atoms with Crippen LogP contribution in [0.5, 0.6) is 5.75 Å². The van der Waals surface area contributed by atoms with E-state index in [9.17, 15) is 5.11 Å². The van der Waals surface area contributed by atoms with Crippen LogP contribution < -0.4 is 5.73 Å². The highest BCUT2D eigenvalue weighted by molar-refractivity contribution is 5.58. The Morgan fingerprint density at radius 1 is 1.15 bits per heavy atom. The first-order valence-corrected chi connectivity index (χ1v) is 8.80. The molecule has 0 fully saturated rings. The maximum absolute atomic E-state index is 10.1. The molecular weight excluding hydrogens is 324 g/mol. The van der Waals surface area contributed by atoms with Gasteiger partial charge in [0, 0.05) is 54.6 Å². The Morgan fingerprint density at radius 3 is 2.77 bits per heavy atom. The first kappa shape index (κ1) is 16.5. The fourth-order valence-corrected chi connectivity index (χ4v) is 3.36. The molecule has 0 aliphatic carbocycles. The number of aromatic hydroxyl groups is 1. The molecule has 2 heterocycles. The summed E-state index contributed by atoms with van der Waals surface area (Å²) >= 11 is 0. The molecular formula is C21H22N4O. The zero-order valence-corrected chi connectivity index (χ0v) is 14.8. The van der Waals surface area contributed by atoms with Gasteiger partial charge in [0.15, 0.2) is 5.82 Å². The van der Waals surface area contributed by atoms with Crippen molar-refractivity contribution in [2.75, 3.05) is 12.3 Å². The number of phenols is 1. The van der Waals surface area contributed by atoms with Gasteiger partial charge in [-0.15, -0.1) is 0 Å². The number of aryl methyl sites for hydroxylation is 1. The highest BCUT2D eigenvalue weighted by atomic mass is 16.3. The van der Waals surface area contributed by atoms with E-state index in [1.54, 1.807) is 6.07 Å². The van der Waals surface area contributed by atoms with E-state index in [1.165, 1.54) is 0 Å². The Hall–Kier alpha value is -2.92. The zero-order chi connectivity index (χ0) is 18.1. The minimum absolute atomic E-state index is 0.358. The molecule has 5 nitrogen and oxygen atoms in total. The van der Waals surface area contributed by atoms with Crippen LogP contribution in [-0.4, -0.2) is 26.5 Å². The molecule has 1 aromatic heterocycles. The molecule has 2 aromatic carbocycles. The van der Waals surface area contributed by atoms with Gasteiger partial charge in [-0.1, -0.05) is 17.7 Å². The molecule has 0 atom stereocenters. The Morgan fingerprint density at radius 2 is 1.96 bits per heavy atom. The largest absolute Gasteiger partial charge is 0.508 e. The van der Waals surface area contributed by atoms with E-state index in [4.69, 9.17) is 10.7 Å². The maximum Gasteiger partial charge on any atom is 0.159 e. The van der Waals surface area contributed by atoms with Crippen LogP contribution in [0.1, 0.15) is 22.4 Å². The number of nitrogens with two attached hydrogens (primary N) is 1. The van der Waals surface area contributed by atoms with Crippen LogP contribution in [0.3, 0.4) is 0 Å². The van der Waals surface area contributed by atoms with Gasteiger partial charge in [0.05, 0.1) is 5.69 Å². The molecule has 0 spiro atoms. The summed E-state index contributed by atoms with van der Waals surface area (Å²) in [6.07, 6.45) is 2.81. The molecule has 4 rings (SSSR count). The van der Waals surface area contributed by atoms with Gasteiger partial charge in [0.1, 0.15) is 5.75 Å². The van der Waals surface area contributed by atoms with E-state index in [0.29, 0.717) is 5.75 Å². The van der Waals surface area contributed by atoms with Gasteiger partial charge in [0.2, 0.25) is 0 Å². The third kappa shape index (κ3) is 3.39. The van der Waals surface area contributed by atoms with Gasteiger partial charge < -0.3 is 10.8 Å². The van der Waals surface area contributed by atoms with Crippen molar-refractivity contribution >= 4 is 5.69 Å². The number of rotatable bonds is 3. The maximum atomic E-state index is 10.1. The van der Waals surface area contributed by atoms with Gasteiger partial charge in [-0.25, -0.2) is 9.97 Å². The molecule has 0 radical (unpaired) electrons. The lowest BCUT2D eigenvalue weighted by molar-refractivity contribution is 0.240. The summed E-state index contributed by atoms with van der Waals surface area (Å²) < 4.78 is 0. The first-order chi connectivity index (χ1) is 12.6. The average Bonchev–Trinajstić information content (AvgIpc) is 2.65. The molecule has 1 aliphatic rings. The Bertz CT molecular complexity index is 937. The summed E-state index contributed by atoms with van der Waals surface area (Å²) in [6.45, 7) is 4.48. The monoisotopic (exact) mass is 346 g/mol. The van der Waals surface area contributed by atoms with Crippen molar-refractivity contribution in [1.82, 2.24) is 14.9 Å². The molecule has 1 aliphatic heterocycles. The zero-order valence-electron chi connectivity index (χ0n) is 14.8. The molecule has 0 bridgehead atoms. The minimum atomic E-state index is 0.358. The highest BCUT2D eigenvalue weighted by Gasteiger charge is 2.19. The third-order valence-corrected chi connectivity index (χ3v) is 4.81. The number of nitrogen functional groups attached to an aromatic ring is 1. The SMILES string of the molecule is Cc1ccc(O)c(CN2CCc3nc(-c4ccc(N)cc4)ncc3C2)c1. The van der Waals surface area contributed by atoms with Gasteiger partial charge >= 0.3 is 0 Å². The lowest BCUT2D eigenvalue weighted by atomic mass is 10.0. The number of aromatic nitrogens is 2. The van der Waals surface area contributed by atoms with Crippen LogP contribution in [0.15, 0.2) is 48.7 Å². The second-order valence-corrected chi connectivity index (χ2v) is 6.88. The summed E-state index contributed by atoms with van der Waals surface area (Å²) in [5.74, 6) is 1.10. The topological polar surface area (TPSA) is 75.3 Å². The van der Waals surface area contributed by atoms with Gasteiger partial charge in [-0.2, -0.15) is 0 Å². The fourth-order valence-electron chi connectivity index (χ4n) is 3.36. The lowest BCUT2D eigenvalue weighted by Crippen LogP contribution is -2.31. The van der Waals surface area contributed by atoms with Gasteiger partial charge in [-0.3, -0.25) is 4.90 Å². The molecule has 5 heteroatoms. The third-order valence-electron chi connectivity index (χ3n) is 4.81. The lowest BCUT2D eigenvalue weighted by Gasteiger charge is -2.28. The van der Waals surface area contributed by atoms with Crippen molar-refractivity contribution in [3.05, 3.63) is 71.0 Å². The van der Waals surface area contributed by atoms with Crippen molar-refractivity contribution in [2.45, 2.75) is 26.4 Å². The van der Waals surface area contributed by atoms with Crippen LogP contribution in [0, 0.1) is 6.92 Å². The first-order valence-electron chi connectivity index (χ1n) is 8.80. The van der Waals surface area contributed by atoms with Crippen LogP contribution in [0.4, 0.5) is 5.69 Å². The van der Waals surface area contributed by atoms with Crippen molar-refractivity contribution in [2.24, 2.45) is 0 Å². The average molecular weight is 346 g/mol. The highest BCUT2D eigenvalue weighted by Crippen LogP contribution is 2.25. The normalized spacial score (nSPS) is 14.2. The Kier molecular flexibility index (Phi) is 4.31. The number of hydrogen-bond donors (Lipinski definition) is 2. The second kappa shape index (κ2) is 6.77. The van der Waals surface area contributed by atoms with Crippen LogP contribution in [0.25, 0.3) is 11.4 Å². The van der Waals surface area contributed by atoms with E-state index < -0.39 is 0 Å². The molecule has 26 heavy (non-hydrogen) atoms. The van der Waals surface area contributed by atoms with E-state index >= 15 is 0 Å². The van der Waals surface area contributed by atoms with Crippen LogP contribution in [-0.2, 0) is 19.5 Å². The molecule has 0 amide bonds. The number of phenolic OH excluding ortho intramolecular Hbond substituents is 1. The molecule has 3 N–H and O–H groups in total. The van der Waals surface area contributed by atoms with E-state index in [2.05, 4.69) is 9.88 Å². The summed E-state index contributed by atoms with van der Waals surface area (Å²) in [5, 5.41) is 10.1. The van der Waals surface area contributed by atoms with Crippen molar-refractivity contribution in [3.8, 4) is 17.1 Å². The quantitative estimate of drug-likeness (QED) is 0.712. The van der Waals surface area contributed by atoms with Gasteiger partial charge in [-0.05, 0) is 37.3 Å². The molecule has 0 unspecified atom stereocenters. The van der Waals surface area contributed by atoms with E-state index in [1.807, 2.05) is 49.5 Å². The van der Waals surface area contributed by atoms with Crippen LogP contribution >= 0.6 is 0 Å². The number of anilines is 1. The van der Waals surface area contributed by atoms with E-state index in [0.717, 1.165) is 65.5 Å². The standard InChI is InChI=1S/C21H22N4O/c1-14-2-7-20(26)16(10-14)12-25-9-8-19-17(13-25)11-23-21(24-19)15-3-5-18(22)6-4-15/h2-7,10-11,26H,8-9,12-13,22H2,1H3. The molecule has 3 aromatic rings. The summed E-state index contributed by atoms with van der Waals surface area (Å²) in [7, 11) is 0. The minimum Gasteiger partial charge on any atom is -0.508 e. The molecule has 0 saturated carbocycles. The summed E-state index contributed by atoms with van der Waals surface area (Å²) in [4.78, 5) is 11.6. The second-order valence-electron chi connectivity index (χ2n) is 6.88. The molecule has 0 saturated heterocycles. The number of nitrogens with zero attached hydrogens (tertiary/aromatic N) is 3. The predicted molar refractivity (Wildman–Crippen MR) is 103 cm³/mol. The van der Waals surface area contributed by atoms with Crippen molar-refractivity contribution < 1.29 is 5.11 Å². The number of benzene rings is 2. The number of fused-ring (bicyclic) bond motifs is 1. The fraction of sp³-hybridized carbons (Fsp3) is 0.238. The Labute approximate surface area is 153 Å². The summed E-state index contributed by atoms with van der Waals surface area (Å²) in [5.41, 5.74) is 11.9. The smallest absolute Gasteiger partial charge is 0.159 e. The van der Waals surface area contributed by atoms with Crippen LogP contribution in [0.2, 0.25) is 0 Å². The van der Waals surface area contributed by atoms with Crippen molar-refractivity contribution in [1.29, 1.82) is 0 Å². The van der Waals surface area contributed by atoms with Crippen molar-refractivity contribution in [3.63, 3.8) is 0 Å². The van der Waals surface area contributed by atoms with E-state index in [-0.39, 0.29) is 0 Å². The number of hydrogen-bond acceptors (Lipinski definition) is 5. The molecule has 132 valence electrons. The van der Waals surface area contributed by atoms with Gasteiger partial charge in [0.25, 0.3) is 0 Å². The summed E-state index contributed by atoms with van der Waals surface area (Å²) in [6, 6.07) is 13.4. The Balaban J connectivity index is 1.52. The predicted octanol–water partition coefficient (Wildman–Crippen LogP) is 3.30.